The number of likely N-dealkylation sites (tertiary alicyclic amines) is 1. The molecular formula is C30H45N5O4. The van der Waals surface area contributed by atoms with Crippen LogP contribution in [0.15, 0.2) is 30.5 Å². The van der Waals surface area contributed by atoms with Crippen LogP contribution in [-0.4, -0.2) is 94.2 Å². The summed E-state index contributed by atoms with van der Waals surface area (Å²) in [5.74, 6) is -0.0185. The smallest absolute Gasteiger partial charge is 0.435 e. The van der Waals surface area contributed by atoms with Gasteiger partial charge in [0.25, 0.3) is 0 Å². The van der Waals surface area contributed by atoms with E-state index in [0.717, 1.165) is 62.4 Å². The number of piperazine rings is 1. The van der Waals surface area contributed by atoms with Gasteiger partial charge in [-0.15, -0.1) is 0 Å². The Labute approximate surface area is 233 Å². The normalized spacial score (nSPS) is 19.7. The summed E-state index contributed by atoms with van der Waals surface area (Å²) in [7, 11) is 2.17. The Hall–Kier alpha value is -2.91. The van der Waals surface area contributed by atoms with Crippen molar-refractivity contribution in [2.45, 2.75) is 78.0 Å². The number of carbonyl (C=O) groups excluding carboxylic acids is 2. The zero-order chi connectivity index (χ0) is 28.4. The van der Waals surface area contributed by atoms with Crippen molar-refractivity contribution in [3.8, 4) is 11.1 Å². The van der Waals surface area contributed by atoms with Crippen LogP contribution in [0.5, 0.6) is 0 Å². The van der Waals surface area contributed by atoms with Crippen LogP contribution in [-0.2, 0) is 16.0 Å². The molecule has 0 bridgehead atoms. The summed E-state index contributed by atoms with van der Waals surface area (Å²) < 4.78 is 12.6. The van der Waals surface area contributed by atoms with Crippen LogP contribution in [0.4, 0.5) is 9.59 Å². The third-order valence-electron chi connectivity index (χ3n) is 7.05. The fourth-order valence-corrected chi connectivity index (χ4v) is 5.06. The zero-order valence-electron chi connectivity index (χ0n) is 24.7. The van der Waals surface area contributed by atoms with E-state index in [1.807, 2.05) is 41.5 Å². The lowest BCUT2D eigenvalue weighted by Crippen LogP contribution is -2.43. The first-order chi connectivity index (χ1) is 18.3. The number of rotatable bonds is 4. The number of benzene rings is 1. The van der Waals surface area contributed by atoms with Crippen molar-refractivity contribution in [1.29, 1.82) is 0 Å². The van der Waals surface area contributed by atoms with E-state index in [1.54, 1.807) is 11.1 Å². The monoisotopic (exact) mass is 539 g/mol. The Balaban J connectivity index is 1.58. The van der Waals surface area contributed by atoms with Crippen molar-refractivity contribution in [2.24, 2.45) is 0 Å². The average molecular weight is 540 g/mol. The molecule has 0 aliphatic carbocycles. The summed E-state index contributed by atoms with van der Waals surface area (Å²) in [4.78, 5) is 32.4. The van der Waals surface area contributed by atoms with Crippen LogP contribution < -0.4 is 0 Å². The van der Waals surface area contributed by atoms with Gasteiger partial charge < -0.3 is 19.3 Å². The molecule has 9 nitrogen and oxygen atoms in total. The van der Waals surface area contributed by atoms with Gasteiger partial charge >= 0.3 is 12.2 Å². The first-order valence-electron chi connectivity index (χ1n) is 14.1. The maximum atomic E-state index is 13.0. The number of nitrogens with zero attached hydrogens (tertiary/aromatic N) is 5. The number of piperidine rings is 1. The van der Waals surface area contributed by atoms with Gasteiger partial charge in [0.05, 0.1) is 5.69 Å². The molecule has 2 aliphatic rings. The molecule has 2 aromatic rings. The summed E-state index contributed by atoms with van der Waals surface area (Å²) >= 11 is 0. The second kappa shape index (κ2) is 11.7. The van der Waals surface area contributed by atoms with E-state index in [9.17, 15) is 9.59 Å². The first-order valence-corrected chi connectivity index (χ1v) is 14.1. The van der Waals surface area contributed by atoms with Crippen LogP contribution in [0.25, 0.3) is 11.1 Å². The number of hydrogen-bond donors (Lipinski definition) is 0. The van der Waals surface area contributed by atoms with Crippen LogP contribution >= 0.6 is 0 Å². The lowest BCUT2D eigenvalue weighted by molar-refractivity contribution is 0.0196. The molecule has 2 fully saturated rings. The van der Waals surface area contributed by atoms with Crippen molar-refractivity contribution in [3.05, 3.63) is 41.7 Å². The van der Waals surface area contributed by atoms with Crippen LogP contribution in [0.2, 0.25) is 0 Å². The minimum Gasteiger partial charge on any atom is -0.444 e. The molecule has 2 saturated heterocycles. The molecule has 1 amide bonds. The number of amides is 1. The number of ether oxygens (including phenoxy) is 2. The van der Waals surface area contributed by atoms with Gasteiger partial charge in [-0.05, 0) is 72.6 Å². The molecule has 0 radical (unpaired) electrons. The van der Waals surface area contributed by atoms with Gasteiger partial charge in [-0.25, -0.2) is 9.59 Å². The highest BCUT2D eigenvalue weighted by atomic mass is 16.6. The Kier molecular flexibility index (Phi) is 8.71. The maximum absolute atomic E-state index is 13.0. The molecule has 1 atom stereocenters. The van der Waals surface area contributed by atoms with Gasteiger partial charge in [-0.1, -0.05) is 24.3 Å². The average Bonchev–Trinajstić information content (AvgIpc) is 3.30. The van der Waals surface area contributed by atoms with Gasteiger partial charge in [-0.2, -0.15) is 9.78 Å². The van der Waals surface area contributed by atoms with Crippen molar-refractivity contribution in [2.75, 3.05) is 46.3 Å². The van der Waals surface area contributed by atoms with E-state index in [2.05, 4.69) is 41.1 Å². The van der Waals surface area contributed by atoms with Gasteiger partial charge in [0.2, 0.25) is 0 Å². The van der Waals surface area contributed by atoms with Crippen molar-refractivity contribution >= 4 is 12.2 Å². The quantitative estimate of drug-likeness (QED) is 0.529. The number of carbonyl (C=O) groups is 2. The number of hydrogen-bond acceptors (Lipinski definition) is 7. The SMILES string of the molecule is CN1CCN(Cc2ccc(-c3cn(C(=O)OC(C)(C)C)nc3[C@@H]3CCCN(C(=O)OC(C)(C)C)C3)cc2)CC1. The summed E-state index contributed by atoms with van der Waals surface area (Å²) in [5, 5.41) is 4.74. The standard InChI is InChI=1S/C30H45N5O4/c1-29(2,3)38-27(36)34-14-8-9-24(20-34)26-25(21-35(31-26)28(37)39-30(4,5)6)23-12-10-22(11-13-23)19-33-17-15-32(7)16-18-33/h10-13,21,24H,8-9,14-20H2,1-7H3/t24-/m1/s1. The van der Waals surface area contributed by atoms with E-state index in [1.165, 1.54) is 10.2 Å². The minimum absolute atomic E-state index is 0.0185. The molecule has 2 aliphatic heterocycles. The van der Waals surface area contributed by atoms with Crippen LogP contribution in [0.3, 0.4) is 0 Å². The highest BCUT2D eigenvalue weighted by Crippen LogP contribution is 2.34. The lowest BCUT2D eigenvalue weighted by atomic mass is 9.90. The fourth-order valence-electron chi connectivity index (χ4n) is 5.06. The van der Waals surface area contributed by atoms with E-state index in [0.29, 0.717) is 13.1 Å². The minimum atomic E-state index is -0.632. The molecule has 3 heterocycles. The number of aromatic nitrogens is 2. The summed E-state index contributed by atoms with van der Waals surface area (Å²) in [6, 6.07) is 8.55. The number of likely N-dealkylation sites (N-methyl/N-ethyl adjacent to an activating group) is 1. The predicted molar refractivity (Wildman–Crippen MR) is 152 cm³/mol. The topological polar surface area (TPSA) is 80.1 Å². The molecule has 39 heavy (non-hydrogen) atoms. The third kappa shape index (κ3) is 8.05. The van der Waals surface area contributed by atoms with Crippen LogP contribution in [0, 0.1) is 0 Å². The van der Waals surface area contributed by atoms with Crippen molar-refractivity contribution in [3.63, 3.8) is 0 Å². The van der Waals surface area contributed by atoms with Gasteiger partial charge in [0, 0.05) is 63.5 Å². The van der Waals surface area contributed by atoms with Gasteiger partial charge in [-0.3, -0.25) is 4.90 Å². The molecule has 0 N–H and O–H groups in total. The summed E-state index contributed by atoms with van der Waals surface area (Å²) in [6.07, 6.45) is 2.66. The van der Waals surface area contributed by atoms with Crippen molar-refractivity contribution < 1.29 is 19.1 Å². The molecule has 0 unspecified atom stereocenters. The highest BCUT2D eigenvalue weighted by Gasteiger charge is 2.32. The van der Waals surface area contributed by atoms with Gasteiger partial charge in [0.1, 0.15) is 11.2 Å². The van der Waals surface area contributed by atoms with E-state index in [-0.39, 0.29) is 12.0 Å². The second-order valence-electron chi connectivity index (χ2n) is 12.9. The lowest BCUT2D eigenvalue weighted by Gasteiger charge is -2.34. The molecule has 0 saturated carbocycles. The maximum Gasteiger partial charge on any atom is 0.435 e. The van der Waals surface area contributed by atoms with E-state index < -0.39 is 17.3 Å². The second-order valence-corrected chi connectivity index (χ2v) is 12.9. The fraction of sp³-hybridized carbons (Fsp3) is 0.633. The van der Waals surface area contributed by atoms with Crippen molar-refractivity contribution in [1.82, 2.24) is 24.5 Å². The molecule has 4 rings (SSSR count). The Morgan fingerprint density at radius 2 is 1.51 bits per heavy atom. The molecule has 1 aromatic heterocycles. The zero-order valence-corrected chi connectivity index (χ0v) is 24.7. The molecular weight excluding hydrogens is 494 g/mol. The third-order valence-corrected chi connectivity index (χ3v) is 7.05. The van der Waals surface area contributed by atoms with E-state index in [4.69, 9.17) is 14.6 Å². The molecule has 0 spiro atoms. The Morgan fingerprint density at radius 1 is 0.897 bits per heavy atom. The predicted octanol–water partition coefficient (Wildman–Crippen LogP) is 5.20. The highest BCUT2D eigenvalue weighted by molar-refractivity contribution is 5.75. The molecule has 1 aromatic carbocycles. The molecule has 9 heteroatoms. The van der Waals surface area contributed by atoms with Crippen LogP contribution in [0.1, 0.15) is 71.6 Å². The largest absolute Gasteiger partial charge is 0.444 e. The summed E-state index contributed by atoms with van der Waals surface area (Å²) in [5.41, 5.74) is 2.77. The summed E-state index contributed by atoms with van der Waals surface area (Å²) in [6.45, 7) is 17.5. The van der Waals surface area contributed by atoms with Gasteiger partial charge in [0.15, 0.2) is 0 Å². The molecule has 214 valence electrons. The first kappa shape index (κ1) is 29.1. The van der Waals surface area contributed by atoms with E-state index >= 15 is 0 Å². The Morgan fingerprint density at radius 3 is 2.13 bits per heavy atom. The Bertz CT molecular complexity index is 1140.